The fourth-order valence-corrected chi connectivity index (χ4v) is 2.26. The van der Waals surface area contributed by atoms with Crippen molar-refractivity contribution < 1.29 is 15.1 Å². The average Bonchev–Trinajstić information content (AvgIpc) is 2.44. The summed E-state index contributed by atoms with van der Waals surface area (Å²) >= 11 is 3.34. The maximum Gasteiger partial charge on any atom is 0.136 e. The Morgan fingerprint density at radius 3 is 2.47 bits per heavy atom. The summed E-state index contributed by atoms with van der Waals surface area (Å²) in [5.41, 5.74) is 1.42. The van der Waals surface area contributed by atoms with Crippen LogP contribution in [0.1, 0.15) is 11.1 Å². The van der Waals surface area contributed by atoms with Crippen molar-refractivity contribution in [2.45, 2.75) is 0 Å². The number of aromatic hydroxyl groups is 1. The number of benzene rings is 2. The highest BCUT2D eigenvalue weighted by Gasteiger charge is 2.15. The van der Waals surface area contributed by atoms with Gasteiger partial charge in [0.25, 0.3) is 0 Å². The van der Waals surface area contributed by atoms with Crippen LogP contribution < -0.4 is 4.74 Å². The Labute approximate surface area is 119 Å². The van der Waals surface area contributed by atoms with E-state index in [2.05, 4.69) is 21.1 Å². The molecule has 0 unspecified atom stereocenters. The van der Waals surface area contributed by atoms with Gasteiger partial charge in [0.15, 0.2) is 0 Å². The quantitative estimate of drug-likeness (QED) is 0.517. The Bertz CT molecular complexity index is 612. The molecule has 0 spiro atoms. The van der Waals surface area contributed by atoms with Gasteiger partial charge < -0.3 is 15.1 Å². The monoisotopic (exact) mass is 321 g/mol. The zero-order valence-corrected chi connectivity index (χ0v) is 11.8. The number of halogens is 1. The van der Waals surface area contributed by atoms with Crippen LogP contribution in [-0.4, -0.2) is 23.1 Å². The van der Waals surface area contributed by atoms with Crippen LogP contribution >= 0.6 is 15.9 Å². The summed E-state index contributed by atoms with van der Waals surface area (Å²) in [7, 11) is 1.51. The molecular weight excluding hydrogens is 310 g/mol. The number of hydrogen-bond acceptors (Lipinski definition) is 4. The topological polar surface area (TPSA) is 62.0 Å². The van der Waals surface area contributed by atoms with E-state index in [1.54, 1.807) is 18.2 Å². The number of ether oxygens (including phenoxy) is 1. The predicted octanol–water partition coefficient (Wildman–Crippen LogP) is 3.39. The molecule has 0 saturated carbocycles. The minimum absolute atomic E-state index is 0.0169. The van der Waals surface area contributed by atoms with Crippen molar-refractivity contribution >= 4 is 21.6 Å². The van der Waals surface area contributed by atoms with E-state index < -0.39 is 0 Å². The van der Waals surface area contributed by atoms with Gasteiger partial charge in [-0.15, -0.1) is 0 Å². The van der Waals surface area contributed by atoms with Crippen molar-refractivity contribution in [1.29, 1.82) is 0 Å². The van der Waals surface area contributed by atoms with Crippen LogP contribution in [0.2, 0.25) is 0 Å². The molecule has 0 amide bonds. The normalized spacial score (nSPS) is 11.4. The van der Waals surface area contributed by atoms with Gasteiger partial charge in [-0.25, -0.2) is 0 Å². The van der Waals surface area contributed by atoms with Gasteiger partial charge in [0.1, 0.15) is 17.2 Å². The van der Waals surface area contributed by atoms with E-state index in [4.69, 9.17) is 4.74 Å². The van der Waals surface area contributed by atoms with E-state index in [1.165, 1.54) is 13.2 Å². The van der Waals surface area contributed by atoms with E-state index in [-0.39, 0.29) is 5.75 Å². The summed E-state index contributed by atoms with van der Waals surface area (Å²) in [5.74, 6) is 0.489. The number of oxime groups is 1. The van der Waals surface area contributed by atoms with Crippen LogP contribution in [0.5, 0.6) is 11.5 Å². The minimum Gasteiger partial charge on any atom is -0.507 e. The molecule has 0 bridgehead atoms. The summed E-state index contributed by atoms with van der Waals surface area (Å²) in [6.45, 7) is 0. The van der Waals surface area contributed by atoms with Crippen molar-refractivity contribution in [3.63, 3.8) is 0 Å². The van der Waals surface area contributed by atoms with Gasteiger partial charge in [-0.05, 0) is 22.0 Å². The smallest absolute Gasteiger partial charge is 0.136 e. The molecule has 0 fully saturated rings. The third-order valence-electron chi connectivity index (χ3n) is 2.67. The largest absolute Gasteiger partial charge is 0.507 e. The molecule has 2 N–H and O–H groups in total. The van der Waals surface area contributed by atoms with Gasteiger partial charge in [0.05, 0.1) is 11.6 Å². The number of phenolic OH excluding ortho intramolecular Hbond substituents is 1. The molecule has 19 heavy (non-hydrogen) atoms. The molecule has 0 saturated heterocycles. The third-order valence-corrected chi connectivity index (χ3v) is 3.29. The summed E-state index contributed by atoms with van der Waals surface area (Å²) in [5, 5.41) is 22.5. The first-order chi connectivity index (χ1) is 9.17. The Kier molecular flexibility index (Phi) is 4.06. The SMILES string of the molecule is COc1cc(O)c(/C(=N\O)c2ccccc2)cc1Br. The maximum atomic E-state index is 10.0. The van der Waals surface area contributed by atoms with E-state index >= 15 is 0 Å². The third kappa shape index (κ3) is 2.71. The zero-order chi connectivity index (χ0) is 13.8. The molecule has 0 aliphatic rings. The molecule has 2 aromatic rings. The number of phenols is 1. The second-order valence-corrected chi connectivity index (χ2v) is 4.67. The molecule has 0 aliphatic carbocycles. The van der Waals surface area contributed by atoms with E-state index in [0.717, 1.165) is 0 Å². The highest BCUT2D eigenvalue weighted by molar-refractivity contribution is 9.10. The maximum absolute atomic E-state index is 10.0. The van der Waals surface area contributed by atoms with Gasteiger partial charge in [0, 0.05) is 17.2 Å². The molecule has 4 nitrogen and oxygen atoms in total. The molecule has 2 aromatic carbocycles. The van der Waals surface area contributed by atoms with Crippen LogP contribution in [-0.2, 0) is 0 Å². The van der Waals surface area contributed by atoms with Crippen LogP contribution in [0.4, 0.5) is 0 Å². The molecule has 0 radical (unpaired) electrons. The van der Waals surface area contributed by atoms with Crippen LogP contribution in [0.15, 0.2) is 52.1 Å². The number of methoxy groups -OCH3 is 1. The zero-order valence-electron chi connectivity index (χ0n) is 10.2. The van der Waals surface area contributed by atoms with E-state index in [9.17, 15) is 10.3 Å². The number of rotatable bonds is 3. The van der Waals surface area contributed by atoms with Gasteiger partial charge >= 0.3 is 0 Å². The highest BCUT2D eigenvalue weighted by Crippen LogP contribution is 2.33. The molecular formula is C14H12BrNO3. The standard InChI is InChI=1S/C14H12BrNO3/c1-19-13-8-12(17)10(7-11(13)15)14(16-18)9-5-3-2-4-6-9/h2-8,17-18H,1H3/b16-14-. The number of nitrogens with zero attached hydrogens (tertiary/aromatic N) is 1. The van der Waals surface area contributed by atoms with Gasteiger partial charge in [-0.1, -0.05) is 35.5 Å². The summed E-state index contributed by atoms with van der Waals surface area (Å²) in [6, 6.07) is 12.2. The molecule has 5 heteroatoms. The lowest BCUT2D eigenvalue weighted by Gasteiger charge is -2.10. The lowest BCUT2D eigenvalue weighted by atomic mass is 10.0. The van der Waals surface area contributed by atoms with Crippen LogP contribution in [0.25, 0.3) is 0 Å². The Balaban J connectivity index is 2.55. The van der Waals surface area contributed by atoms with Crippen molar-refractivity contribution in [3.05, 3.63) is 58.1 Å². The minimum atomic E-state index is -0.0169. The van der Waals surface area contributed by atoms with Crippen LogP contribution in [0, 0.1) is 0 Å². The highest BCUT2D eigenvalue weighted by atomic mass is 79.9. The van der Waals surface area contributed by atoms with Crippen molar-refractivity contribution in [2.75, 3.05) is 7.11 Å². The summed E-state index contributed by atoms with van der Waals surface area (Å²) in [4.78, 5) is 0. The molecule has 0 aliphatic heterocycles. The molecule has 0 atom stereocenters. The molecule has 98 valence electrons. The molecule has 0 aromatic heterocycles. The van der Waals surface area contributed by atoms with E-state index in [1.807, 2.05) is 18.2 Å². The van der Waals surface area contributed by atoms with Gasteiger partial charge in [-0.3, -0.25) is 0 Å². The van der Waals surface area contributed by atoms with Crippen molar-refractivity contribution in [3.8, 4) is 11.5 Å². The molecule has 2 rings (SSSR count). The number of hydrogen-bond donors (Lipinski definition) is 2. The second kappa shape index (κ2) is 5.75. The Morgan fingerprint density at radius 2 is 1.89 bits per heavy atom. The van der Waals surface area contributed by atoms with E-state index in [0.29, 0.717) is 27.1 Å². The summed E-state index contributed by atoms with van der Waals surface area (Å²) in [6.07, 6.45) is 0. The van der Waals surface area contributed by atoms with Crippen molar-refractivity contribution in [1.82, 2.24) is 0 Å². The van der Waals surface area contributed by atoms with Gasteiger partial charge in [0.2, 0.25) is 0 Å². The first-order valence-electron chi connectivity index (χ1n) is 5.51. The first-order valence-corrected chi connectivity index (χ1v) is 6.31. The lowest BCUT2D eigenvalue weighted by Crippen LogP contribution is -2.04. The summed E-state index contributed by atoms with van der Waals surface area (Å²) < 4.78 is 5.76. The Morgan fingerprint density at radius 1 is 1.21 bits per heavy atom. The lowest BCUT2D eigenvalue weighted by molar-refractivity contribution is 0.319. The fraction of sp³-hybridized carbons (Fsp3) is 0.0714. The second-order valence-electron chi connectivity index (χ2n) is 3.82. The first kappa shape index (κ1) is 13.4. The fourth-order valence-electron chi connectivity index (χ4n) is 1.75. The van der Waals surface area contributed by atoms with Crippen molar-refractivity contribution in [2.24, 2.45) is 5.16 Å². The average molecular weight is 322 g/mol. The predicted molar refractivity (Wildman–Crippen MR) is 76.2 cm³/mol. The van der Waals surface area contributed by atoms with Crippen LogP contribution in [0.3, 0.4) is 0 Å². The molecule has 0 heterocycles. The Hall–Kier alpha value is -2.01. The van der Waals surface area contributed by atoms with Gasteiger partial charge in [-0.2, -0.15) is 0 Å².